The molecule has 1 fully saturated rings. The summed E-state index contributed by atoms with van der Waals surface area (Å²) in [4.78, 5) is 20.3. The summed E-state index contributed by atoms with van der Waals surface area (Å²) in [5, 5.41) is 3.06. The molecule has 0 unspecified atom stereocenters. The van der Waals surface area contributed by atoms with E-state index in [2.05, 4.69) is 43.7 Å². The van der Waals surface area contributed by atoms with Gasteiger partial charge in [0.1, 0.15) is 5.69 Å². The van der Waals surface area contributed by atoms with Gasteiger partial charge < -0.3 is 14.2 Å². The Kier molecular flexibility index (Phi) is 5.77. The number of rotatable bonds is 4. The van der Waals surface area contributed by atoms with E-state index in [0.717, 1.165) is 31.1 Å². The molecule has 2 heterocycles. The number of hydrogen-bond donors (Lipinski definition) is 0. The van der Waals surface area contributed by atoms with Crippen LogP contribution in [0.3, 0.4) is 0 Å². The highest BCUT2D eigenvalue weighted by molar-refractivity contribution is 7.13. The van der Waals surface area contributed by atoms with Crippen molar-refractivity contribution >= 4 is 30.7 Å². The third-order valence-corrected chi connectivity index (χ3v) is 10.5. The predicted molar refractivity (Wildman–Crippen MR) is 104 cm³/mol. The lowest BCUT2D eigenvalue weighted by Crippen LogP contribution is -2.47. The number of carbonyl (C=O) groups excluding carboxylic acids is 1. The van der Waals surface area contributed by atoms with Crippen molar-refractivity contribution in [2.24, 2.45) is 0 Å². The fourth-order valence-corrected chi connectivity index (χ4v) is 4.77. The molecule has 2 rings (SSSR count). The number of anilines is 1. The molecular formula is C17H31N3O2SSi. The van der Waals surface area contributed by atoms with Gasteiger partial charge in [-0.05, 0) is 31.0 Å². The van der Waals surface area contributed by atoms with Gasteiger partial charge >= 0.3 is 0 Å². The van der Waals surface area contributed by atoms with Crippen molar-refractivity contribution in [3.63, 3.8) is 0 Å². The molecule has 0 radical (unpaired) electrons. The SMILES string of the molecule is CN(C)C(=O)c1csc(N2CCC(O[Si](C)(C)C(C)(C)C)CC2)n1. The Morgan fingerprint density at radius 2 is 1.92 bits per heavy atom. The molecule has 24 heavy (non-hydrogen) atoms. The number of nitrogens with zero attached hydrogens (tertiary/aromatic N) is 3. The second-order valence-corrected chi connectivity index (χ2v) is 13.9. The van der Waals surface area contributed by atoms with E-state index in [1.165, 1.54) is 0 Å². The number of aromatic nitrogens is 1. The lowest BCUT2D eigenvalue weighted by atomic mass is 10.1. The molecular weight excluding hydrogens is 338 g/mol. The quantitative estimate of drug-likeness (QED) is 0.757. The number of hydrogen-bond acceptors (Lipinski definition) is 5. The van der Waals surface area contributed by atoms with Gasteiger partial charge in [0, 0.05) is 38.7 Å². The van der Waals surface area contributed by atoms with E-state index in [4.69, 9.17) is 4.43 Å². The van der Waals surface area contributed by atoms with Crippen molar-refractivity contribution in [3.8, 4) is 0 Å². The lowest BCUT2D eigenvalue weighted by Gasteiger charge is -2.41. The van der Waals surface area contributed by atoms with E-state index in [1.54, 1.807) is 30.3 Å². The summed E-state index contributed by atoms with van der Waals surface area (Å²) in [6, 6.07) is 0. The summed E-state index contributed by atoms with van der Waals surface area (Å²) >= 11 is 1.56. The molecule has 1 saturated heterocycles. The van der Waals surface area contributed by atoms with Gasteiger partial charge in [-0.1, -0.05) is 20.8 Å². The molecule has 1 amide bonds. The maximum atomic E-state index is 12.0. The summed E-state index contributed by atoms with van der Waals surface area (Å²) in [5.74, 6) is -0.0337. The van der Waals surface area contributed by atoms with Gasteiger partial charge in [0.2, 0.25) is 0 Å². The van der Waals surface area contributed by atoms with E-state index in [0.29, 0.717) is 11.8 Å². The van der Waals surface area contributed by atoms with Crippen LogP contribution in [0.5, 0.6) is 0 Å². The minimum absolute atomic E-state index is 0.0337. The van der Waals surface area contributed by atoms with Crippen molar-refractivity contribution in [2.75, 3.05) is 32.1 Å². The first kappa shape index (κ1) is 19.4. The molecule has 7 heteroatoms. The van der Waals surface area contributed by atoms with Gasteiger partial charge in [0.25, 0.3) is 5.91 Å². The fraction of sp³-hybridized carbons (Fsp3) is 0.765. The zero-order valence-electron chi connectivity index (χ0n) is 16.0. The summed E-state index contributed by atoms with van der Waals surface area (Å²) in [7, 11) is 1.81. The molecule has 1 aliphatic heterocycles. The van der Waals surface area contributed by atoms with Crippen molar-refractivity contribution in [1.29, 1.82) is 0 Å². The Bertz CT molecular complexity index is 573. The van der Waals surface area contributed by atoms with Crippen LogP contribution in [0.1, 0.15) is 44.1 Å². The van der Waals surface area contributed by atoms with E-state index in [9.17, 15) is 4.79 Å². The molecule has 0 aromatic carbocycles. The third kappa shape index (κ3) is 4.37. The summed E-state index contributed by atoms with van der Waals surface area (Å²) in [5.41, 5.74) is 0.541. The average Bonchev–Trinajstić information content (AvgIpc) is 2.95. The zero-order valence-corrected chi connectivity index (χ0v) is 17.9. The minimum atomic E-state index is -1.70. The third-order valence-electron chi connectivity index (χ3n) is 5.10. The van der Waals surface area contributed by atoms with Crippen LogP contribution in [0.4, 0.5) is 5.13 Å². The Morgan fingerprint density at radius 1 is 1.33 bits per heavy atom. The first-order chi connectivity index (χ1) is 11.0. The van der Waals surface area contributed by atoms with Gasteiger partial charge in [0.15, 0.2) is 13.4 Å². The van der Waals surface area contributed by atoms with Crippen LogP contribution in [0, 0.1) is 0 Å². The molecule has 0 atom stereocenters. The molecule has 136 valence electrons. The Morgan fingerprint density at radius 3 is 2.42 bits per heavy atom. The maximum absolute atomic E-state index is 12.0. The lowest BCUT2D eigenvalue weighted by molar-refractivity contribution is 0.0822. The van der Waals surface area contributed by atoms with Crippen LogP contribution in [0.15, 0.2) is 5.38 Å². The van der Waals surface area contributed by atoms with Crippen molar-refractivity contribution in [2.45, 2.75) is 57.8 Å². The van der Waals surface area contributed by atoms with Crippen LogP contribution in [0.25, 0.3) is 0 Å². The molecule has 1 aliphatic rings. The zero-order chi connectivity index (χ0) is 18.1. The van der Waals surface area contributed by atoms with Gasteiger partial charge in [0.05, 0.1) is 0 Å². The fourth-order valence-electron chi connectivity index (χ4n) is 2.50. The average molecular weight is 370 g/mol. The first-order valence-electron chi connectivity index (χ1n) is 8.61. The summed E-state index contributed by atoms with van der Waals surface area (Å²) < 4.78 is 6.54. The van der Waals surface area contributed by atoms with Crippen LogP contribution in [0.2, 0.25) is 18.1 Å². The highest BCUT2D eigenvalue weighted by Gasteiger charge is 2.39. The maximum Gasteiger partial charge on any atom is 0.272 e. The summed E-state index contributed by atoms with van der Waals surface area (Å²) in [6.45, 7) is 13.4. The number of thiazole rings is 1. The van der Waals surface area contributed by atoms with Crippen molar-refractivity contribution < 1.29 is 9.22 Å². The molecule has 0 N–H and O–H groups in total. The van der Waals surface area contributed by atoms with Crippen LogP contribution in [-0.2, 0) is 4.43 Å². The second kappa shape index (κ2) is 7.13. The molecule has 5 nitrogen and oxygen atoms in total. The number of amides is 1. The topological polar surface area (TPSA) is 45.7 Å². The van der Waals surface area contributed by atoms with E-state index in [-0.39, 0.29) is 10.9 Å². The summed E-state index contributed by atoms with van der Waals surface area (Å²) in [6.07, 6.45) is 2.41. The Balaban J connectivity index is 1.93. The molecule has 0 bridgehead atoms. The largest absolute Gasteiger partial charge is 0.414 e. The van der Waals surface area contributed by atoms with Gasteiger partial charge in [-0.15, -0.1) is 11.3 Å². The predicted octanol–water partition coefficient (Wildman–Crippen LogP) is 3.84. The van der Waals surface area contributed by atoms with Crippen LogP contribution in [-0.4, -0.2) is 57.4 Å². The normalized spacial score (nSPS) is 17.2. The monoisotopic (exact) mass is 369 g/mol. The smallest absolute Gasteiger partial charge is 0.272 e. The van der Waals surface area contributed by atoms with E-state index < -0.39 is 8.32 Å². The van der Waals surface area contributed by atoms with Gasteiger partial charge in [-0.25, -0.2) is 4.98 Å². The van der Waals surface area contributed by atoms with E-state index >= 15 is 0 Å². The highest BCUT2D eigenvalue weighted by Crippen LogP contribution is 2.38. The van der Waals surface area contributed by atoms with Crippen LogP contribution >= 0.6 is 11.3 Å². The Labute approximate surface area is 151 Å². The van der Waals surface area contributed by atoms with Crippen LogP contribution < -0.4 is 4.90 Å². The molecule has 0 spiro atoms. The van der Waals surface area contributed by atoms with Crippen molar-refractivity contribution in [1.82, 2.24) is 9.88 Å². The van der Waals surface area contributed by atoms with Gasteiger partial charge in [-0.3, -0.25) is 4.79 Å². The molecule has 0 saturated carbocycles. The van der Waals surface area contributed by atoms with Crippen molar-refractivity contribution in [3.05, 3.63) is 11.1 Å². The standard InChI is InChI=1S/C17H31N3O2SSi/c1-17(2,3)24(6,7)22-13-8-10-20(11-9-13)16-18-14(12-23-16)15(21)19(4)5/h12-13H,8-11H2,1-7H3. The first-order valence-corrected chi connectivity index (χ1v) is 12.4. The highest BCUT2D eigenvalue weighted by atomic mass is 32.1. The molecule has 0 aliphatic carbocycles. The minimum Gasteiger partial charge on any atom is -0.414 e. The van der Waals surface area contributed by atoms with E-state index in [1.807, 2.05) is 5.38 Å². The molecule has 1 aromatic heterocycles. The second-order valence-electron chi connectivity index (χ2n) is 8.28. The number of carbonyl (C=O) groups is 1. The number of piperidine rings is 1. The Hall–Kier alpha value is -0.923. The van der Waals surface area contributed by atoms with Gasteiger partial charge in [-0.2, -0.15) is 0 Å². The molecule has 1 aromatic rings.